The molecule has 18 heavy (non-hydrogen) atoms. The lowest BCUT2D eigenvalue weighted by molar-refractivity contribution is 0.391. The second kappa shape index (κ2) is 4.95. The number of thioether (sulfide) groups is 1. The summed E-state index contributed by atoms with van der Waals surface area (Å²) in [5, 5.41) is 8.89. The Morgan fingerprint density at radius 3 is 3.17 bits per heavy atom. The Bertz CT molecular complexity index is 629. The van der Waals surface area contributed by atoms with Gasteiger partial charge in [-0.3, -0.25) is 0 Å². The Morgan fingerprint density at radius 1 is 1.50 bits per heavy atom. The molecule has 0 saturated carbocycles. The number of aromatic nitrogens is 4. The SMILES string of the molecule is Cn1ccnc1SCc1nc(-c2ccsc2)no1. The van der Waals surface area contributed by atoms with Crippen LogP contribution in [0.2, 0.25) is 0 Å². The minimum atomic E-state index is 0.615. The molecule has 0 aliphatic rings. The number of rotatable bonds is 4. The number of aryl methyl sites for hydroxylation is 1. The van der Waals surface area contributed by atoms with Crippen molar-refractivity contribution in [2.45, 2.75) is 10.9 Å². The topological polar surface area (TPSA) is 56.7 Å². The maximum atomic E-state index is 5.21. The minimum absolute atomic E-state index is 0.615. The lowest BCUT2D eigenvalue weighted by Gasteiger charge is -1.97. The maximum Gasteiger partial charge on any atom is 0.237 e. The molecule has 3 rings (SSSR count). The van der Waals surface area contributed by atoms with Crippen molar-refractivity contribution in [1.82, 2.24) is 19.7 Å². The summed E-state index contributed by atoms with van der Waals surface area (Å²) < 4.78 is 7.17. The van der Waals surface area contributed by atoms with Gasteiger partial charge in [0.15, 0.2) is 5.16 Å². The van der Waals surface area contributed by atoms with Crippen molar-refractivity contribution in [3.8, 4) is 11.4 Å². The van der Waals surface area contributed by atoms with Gasteiger partial charge in [-0.05, 0) is 11.4 Å². The molecule has 3 aromatic rings. The average molecular weight is 278 g/mol. The predicted molar refractivity (Wildman–Crippen MR) is 70.4 cm³/mol. The molecule has 0 aromatic carbocycles. The van der Waals surface area contributed by atoms with E-state index in [2.05, 4.69) is 15.1 Å². The predicted octanol–water partition coefficient (Wildman–Crippen LogP) is 2.82. The summed E-state index contributed by atoms with van der Waals surface area (Å²) in [6, 6.07) is 1.98. The second-order valence-electron chi connectivity index (χ2n) is 3.63. The van der Waals surface area contributed by atoms with Crippen molar-refractivity contribution >= 4 is 23.1 Å². The molecule has 3 heterocycles. The standard InChI is InChI=1S/C11H10N4OS2/c1-15-4-3-12-11(15)18-7-9-13-10(14-16-9)8-2-5-17-6-8/h2-6H,7H2,1H3. The molecule has 5 nitrogen and oxygen atoms in total. The zero-order valence-electron chi connectivity index (χ0n) is 9.61. The Hall–Kier alpha value is -1.60. The van der Waals surface area contributed by atoms with Gasteiger partial charge in [0.25, 0.3) is 0 Å². The van der Waals surface area contributed by atoms with E-state index in [1.165, 1.54) is 0 Å². The highest BCUT2D eigenvalue weighted by Gasteiger charge is 2.10. The summed E-state index contributed by atoms with van der Waals surface area (Å²) in [4.78, 5) is 8.58. The lowest BCUT2D eigenvalue weighted by atomic mass is 10.3. The van der Waals surface area contributed by atoms with Gasteiger partial charge >= 0.3 is 0 Å². The van der Waals surface area contributed by atoms with Crippen molar-refractivity contribution < 1.29 is 4.52 Å². The Balaban J connectivity index is 1.69. The van der Waals surface area contributed by atoms with Gasteiger partial charge in [0.1, 0.15) is 0 Å². The third-order valence-electron chi connectivity index (χ3n) is 2.35. The van der Waals surface area contributed by atoms with E-state index in [1.54, 1.807) is 29.3 Å². The molecule has 0 spiro atoms. The van der Waals surface area contributed by atoms with Gasteiger partial charge in [0.05, 0.1) is 5.75 Å². The normalized spacial score (nSPS) is 10.9. The zero-order valence-corrected chi connectivity index (χ0v) is 11.2. The molecular formula is C11H10N4OS2. The Morgan fingerprint density at radius 2 is 2.44 bits per heavy atom. The number of nitrogens with zero attached hydrogens (tertiary/aromatic N) is 4. The highest BCUT2D eigenvalue weighted by Crippen LogP contribution is 2.22. The van der Waals surface area contributed by atoms with Crippen LogP contribution in [0.3, 0.4) is 0 Å². The Labute approximate surface area is 112 Å². The highest BCUT2D eigenvalue weighted by molar-refractivity contribution is 7.98. The van der Waals surface area contributed by atoms with Gasteiger partial charge < -0.3 is 9.09 Å². The van der Waals surface area contributed by atoms with E-state index in [-0.39, 0.29) is 0 Å². The van der Waals surface area contributed by atoms with Crippen molar-refractivity contribution in [1.29, 1.82) is 0 Å². The molecule has 0 atom stereocenters. The number of thiophene rings is 1. The molecule has 0 N–H and O–H groups in total. The summed E-state index contributed by atoms with van der Waals surface area (Å²) >= 11 is 3.19. The maximum absolute atomic E-state index is 5.21. The van der Waals surface area contributed by atoms with Gasteiger partial charge in [0, 0.05) is 30.4 Å². The molecule has 0 unspecified atom stereocenters. The van der Waals surface area contributed by atoms with Crippen LogP contribution in [0.4, 0.5) is 0 Å². The molecule has 92 valence electrons. The van der Waals surface area contributed by atoms with Crippen LogP contribution >= 0.6 is 23.1 Å². The number of hydrogen-bond acceptors (Lipinski definition) is 6. The first-order valence-corrected chi connectivity index (χ1v) is 7.21. The summed E-state index contributed by atoms with van der Waals surface area (Å²) in [6.45, 7) is 0. The third-order valence-corrected chi connectivity index (χ3v) is 4.08. The van der Waals surface area contributed by atoms with Crippen molar-refractivity contribution in [3.63, 3.8) is 0 Å². The van der Waals surface area contributed by atoms with E-state index in [4.69, 9.17) is 4.52 Å². The van der Waals surface area contributed by atoms with Crippen LogP contribution in [0.15, 0.2) is 38.9 Å². The van der Waals surface area contributed by atoms with E-state index >= 15 is 0 Å². The molecule has 7 heteroatoms. The highest BCUT2D eigenvalue weighted by atomic mass is 32.2. The molecule has 0 aliphatic carbocycles. The van der Waals surface area contributed by atoms with Crippen LogP contribution in [-0.2, 0) is 12.8 Å². The van der Waals surface area contributed by atoms with Crippen LogP contribution in [0.5, 0.6) is 0 Å². The minimum Gasteiger partial charge on any atom is -0.338 e. The van der Waals surface area contributed by atoms with E-state index in [1.807, 2.05) is 34.6 Å². The van der Waals surface area contributed by atoms with Crippen LogP contribution in [0, 0.1) is 0 Å². The van der Waals surface area contributed by atoms with Gasteiger partial charge in [-0.25, -0.2) is 4.98 Å². The first kappa shape index (κ1) is 11.5. The van der Waals surface area contributed by atoms with Crippen LogP contribution in [-0.4, -0.2) is 19.7 Å². The molecule has 0 bridgehead atoms. The fourth-order valence-corrected chi connectivity index (χ4v) is 2.84. The smallest absolute Gasteiger partial charge is 0.237 e. The summed E-state index contributed by atoms with van der Waals surface area (Å²) in [5.74, 6) is 1.89. The summed E-state index contributed by atoms with van der Waals surface area (Å²) in [6.07, 6.45) is 3.68. The lowest BCUT2D eigenvalue weighted by Crippen LogP contribution is -1.89. The first-order valence-electron chi connectivity index (χ1n) is 5.28. The van der Waals surface area contributed by atoms with Crippen molar-refractivity contribution in [2.75, 3.05) is 0 Å². The average Bonchev–Trinajstić information content (AvgIpc) is 3.08. The third kappa shape index (κ3) is 2.32. The van der Waals surface area contributed by atoms with Crippen LogP contribution < -0.4 is 0 Å². The fourth-order valence-electron chi connectivity index (χ4n) is 1.44. The van der Waals surface area contributed by atoms with Gasteiger partial charge in [-0.2, -0.15) is 16.3 Å². The number of imidazole rings is 1. The van der Waals surface area contributed by atoms with Gasteiger partial charge in [0.2, 0.25) is 11.7 Å². The fraction of sp³-hybridized carbons (Fsp3) is 0.182. The van der Waals surface area contributed by atoms with E-state index in [9.17, 15) is 0 Å². The van der Waals surface area contributed by atoms with E-state index in [0.717, 1.165) is 10.7 Å². The second-order valence-corrected chi connectivity index (χ2v) is 5.36. The largest absolute Gasteiger partial charge is 0.338 e. The molecule has 3 aromatic heterocycles. The molecule has 0 fully saturated rings. The molecule has 0 aliphatic heterocycles. The molecule has 0 saturated heterocycles. The Kier molecular flexibility index (Phi) is 3.16. The van der Waals surface area contributed by atoms with Crippen molar-refractivity contribution in [3.05, 3.63) is 35.1 Å². The van der Waals surface area contributed by atoms with E-state index < -0.39 is 0 Å². The summed E-state index contributed by atoms with van der Waals surface area (Å²) in [7, 11) is 1.96. The summed E-state index contributed by atoms with van der Waals surface area (Å²) in [5.41, 5.74) is 0.997. The van der Waals surface area contributed by atoms with Crippen molar-refractivity contribution in [2.24, 2.45) is 7.05 Å². The molecule has 0 amide bonds. The monoisotopic (exact) mass is 278 g/mol. The quantitative estimate of drug-likeness (QED) is 0.687. The zero-order chi connectivity index (χ0) is 12.4. The van der Waals surface area contributed by atoms with Gasteiger partial charge in [-0.15, -0.1) is 0 Å². The first-order chi connectivity index (χ1) is 8.83. The van der Waals surface area contributed by atoms with Gasteiger partial charge in [-0.1, -0.05) is 16.9 Å². The van der Waals surface area contributed by atoms with Crippen LogP contribution in [0.25, 0.3) is 11.4 Å². The molecule has 0 radical (unpaired) electrons. The van der Waals surface area contributed by atoms with E-state index in [0.29, 0.717) is 17.5 Å². The van der Waals surface area contributed by atoms with Crippen LogP contribution in [0.1, 0.15) is 5.89 Å². The number of hydrogen-bond donors (Lipinski definition) is 0. The molecular weight excluding hydrogens is 268 g/mol.